The van der Waals surface area contributed by atoms with E-state index in [1.807, 2.05) is 25.1 Å². The molecule has 0 saturated carbocycles. The van der Waals surface area contributed by atoms with Crippen LogP contribution in [0.2, 0.25) is 0 Å². The highest BCUT2D eigenvalue weighted by atomic mass is 16.5. The van der Waals surface area contributed by atoms with E-state index in [1.165, 1.54) is 5.56 Å². The number of aryl methyl sites for hydroxylation is 1. The maximum atomic E-state index is 5.42. The van der Waals surface area contributed by atoms with Crippen molar-refractivity contribution in [2.75, 3.05) is 6.54 Å². The number of rotatable bonds is 5. The minimum atomic E-state index is 0.159. The molecule has 0 N–H and O–H groups in total. The van der Waals surface area contributed by atoms with Gasteiger partial charge in [-0.25, -0.2) is 0 Å². The van der Waals surface area contributed by atoms with Crippen LogP contribution in [0.1, 0.15) is 47.9 Å². The third-order valence-electron chi connectivity index (χ3n) is 4.26. The van der Waals surface area contributed by atoms with Gasteiger partial charge in [0.1, 0.15) is 0 Å². The molecule has 2 aromatic heterocycles. The predicted octanol–water partition coefficient (Wildman–Crippen LogP) is 2.69. The summed E-state index contributed by atoms with van der Waals surface area (Å²) in [5.41, 5.74) is 1.17. The molecule has 0 radical (unpaired) electrons. The zero-order valence-corrected chi connectivity index (χ0v) is 13.6. The van der Waals surface area contributed by atoms with Gasteiger partial charge in [0.15, 0.2) is 11.6 Å². The molecule has 0 aliphatic carbocycles. The number of hydrogen-bond acceptors (Lipinski definition) is 7. The van der Waals surface area contributed by atoms with Gasteiger partial charge in [-0.2, -0.15) is 9.97 Å². The Balaban J connectivity index is 1.43. The van der Waals surface area contributed by atoms with E-state index >= 15 is 0 Å². The molecule has 0 spiro atoms. The van der Waals surface area contributed by atoms with E-state index in [2.05, 4.69) is 37.3 Å². The van der Waals surface area contributed by atoms with Crippen LogP contribution >= 0.6 is 0 Å². The zero-order chi connectivity index (χ0) is 16.4. The second-order valence-electron chi connectivity index (χ2n) is 6.07. The normalized spacial score (nSPS) is 18.3. The van der Waals surface area contributed by atoms with Gasteiger partial charge >= 0.3 is 0 Å². The Morgan fingerprint density at radius 3 is 2.79 bits per heavy atom. The maximum absolute atomic E-state index is 5.42. The van der Waals surface area contributed by atoms with Crippen LogP contribution in [0.15, 0.2) is 39.4 Å². The highest BCUT2D eigenvalue weighted by Gasteiger charge is 2.30. The number of benzene rings is 1. The summed E-state index contributed by atoms with van der Waals surface area (Å²) >= 11 is 0. The van der Waals surface area contributed by atoms with Crippen LogP contribution in [0.3, 0.4) is 0 Å². The molecule has 0 bridgehead atoms. The molecular weight excluding hydrogens is 306 g/mol. The quantitative estimate of drug-likeness (QED) is 0.713. The van der Waals surface area contributed by atoms with Crippen LogP contribution in [0, 0.1) is 6.92 Å². The average Bonchev–Trinajstić information content (AvgIpc) is 3.31. The second kappa shape index (κ2) is 6.52. The lowest BCUT2D eigenvalue weighted by molar-refractivity contribution is 0.202. The monoisotopic (exact) mass is 325 g/mol. The Labute approximate surface area is 139 Å². The molecule has 1 aromatic carbocycles. The Morgan fingerprint density at radius 1 is 1.12 bits per heavy atom. The molecular formula is C17H19N5O2. The molecule has 7 nitrogen and oxygen atoms in total. The Morgan fingerprint density at radius 2 is 2.00 bits per heavy atom. The maximum Gasteiger partial charge on any atom is 0.240 e. The fraction of sp³-hybridized carbons (Fsp3) is 0.412. The average molecular weight is 325 g/mol. The number of nitrogens with zero attached hydrogens (tertiary/aromatic N) is 5. The van der Waals surface area contributed by atoms with E-state index in [9.17, 15) is 0 Å². The standard InChI is InChI=1S/C17H19N5O2/c1-12-18-17(21-23-12)14-8-5-9-22(14)11-16-19-15(20-24-16)10-13-6-3-2-4-7-13/h2-4,6-7,14H,5,8-11H2,1H3. The van der Waals surface area contributed by atoms with Gasteiger partial charge in [0.05, 0.1) is 12.6 Å². The number of hydrogen-bond donors (Lipinski definition) is 0. The predicted molar refractivity (Wildman–Crippen MR) is 85.0 cm³/mol. The zero-order valence-electron chi connectivity index (χ0n) is 13.6. The van der Waals surface area contributed by atoms with Gasteiger partial charge in [-0.3, -0.25) is 4.90 Å². The largest absolute Gasteiger partial charge is 0.340 e. The van der Waals surface area contributed by atoms with Gasteiger partial charge < -0.3 is 9.05 Å². The number of likely N-dealkylation sites (tertiary alicyclic amines) is 1. The molecule has 24 heavy (non-hydrogen) atoms. The van der Waals surface area contributed by atoms with Gasteiger partial charge in [-0.1, -0.05) is 40.6 Å². The van der Waals surface area contributed by atoms with E-state index in [0.717, 1.165) is 25.2 Å². The lowest BCUT2D eigenvalue weighted by Gasteiger charge is -2.19. The van der Waals surface area contributed by atoms with Gasteiger partial charge in [0.2, 0.25) is 11.8 Å². The summed E-state index contributed by atoms with van der Waals surface area (Å²) in [4.78, 5) is 11.1. The van der Waals surface area contributed by atoms with Gasteiger partial charge in [0.25, 0.3) is 0 Å². The van der Waals surface area contributed by atoms with Crippen molar-refractivity contribution in [3.63, 3.8) is 0 Å². The van der Waals surface area contributed by atoms with Crippen LogP contribution in [0.25, 0.3) is 0 Å². The SMILES string of the molecule is Cc1nc(C2CCCN2Cc2nc(Cc3ccccc3)no2)no1. The van der Waals surface area contributed by atoms with Crippen molar-refractivity contribution in [1.29, 1.82) is 0 Å². The molecule has 1 fully saturated rings. The van der Waals surface area contributed by atoms with E-state index in [1.54, 1.807) is 0 Å². The van der Waals surface area contributed by atoms with Crippen molar-refractivity contribution >= 4 is 0 Å². The summed E-state index contributed by atoms with van der Waals surface area (Å²) in [6.07, 6.45) is 2.80. The van der Waals surface area contributed by atoms with Gasteiger partial charge in [0, 0.05) is 13.3 Å². The van der Waals surface area contributed by atoms with Crippen molar-refractivity contribution in [3.05, 3.63) is 59.3 Å². The van der Waals surface area contributed by atoms with Crippen LogP contribution in [-0.4, -0.2) is 31.7 Å². The Bertz CT molecular complexity index is 798. The van der Waals surface area contributed by atoms with E-state index < -0.39 is 0 Å². The summed E-state index contributed by atoms with van der Waals surface area (Å²) in [6.45, 7) is 3.39. The summed E-state index contributed by atoms with van der Waals surface area (Å²) in [5.74, 6) is 2.68. The van der Waals surface area contributed by atoms with Gasteiger partial charge in [-0.05, 0) is 24.9 Å². The highest BCUT2D eigenvalue weighted by Crippen LogP contribution is 2.31. The Kier molecular flexibility index (Phi) is 4.08. The molecule has 1 unspecified atom stereocenters. The first kappa shape index (κ1) is 15.0. The minimum absolute atomic E-state index is 0.159. The van der Waals surface area contributed by atoms with E-state index in [-0.39, 0.29) is 6.04 Å². The molecule has 3 aromatic rings. The summed E-state index contributed by atoms with van der Waals surface area (Å²) in [5, 5.41) is 8.15. The molecule has 0 amide bonds. The first-order valence-electron chi connectivity index (χ1n) is 8.17. The second-order valence-corrected chi connectivity index (χ2v) is 6.07. The van der Waals surface area contributed by atoms with Crippen molar-refractivity contribution in [2.45, 2.75) is 38.8 Å². The summed E-state index contributed by atoms with van der Waals surface area (Å²) in [7, 11) is 0. The van der Waals surface area contributed by atoms with Crippen LogP contribution < -0.4 is 0 Å². The summed E-state index contributed by atoms with van der Waals surface area (Å²) in [6, 6.07) is 10.3. The smallest absolute Gasteiger partial charge is 0.240 e. The molecule has 1 saturated heterocycles. The fourth-order valence-corrected chi connectivity index (χ4v) is 3.14. The van der Waals surface area contributed by atoms with Crippen molar-refractivity contribution < 1.29 is 9.05 Å². The minimum Gasteiger partial charge on any atom is -0.340 e. The molecule has 1 aliphatic rings. The van der Waals surface area contributed by atoms with Crippen molar-refractivity contribution in [1.82, 2.24) is 25.2 Å². The molecule has 1 aliphatic heterocycles. The lowest BCUT2D eigenvalue weighted by atomic mass is 10.1. The fourth-order valence-electron chi connectivity index (χ4n) is 3.14. The third kappa shape index (κ3) is 3.21. The molecule has 3 heterocycles. The lowest BCUT2D eigenvalue weighted by Crippen LogP contribution is -2.23. The highest BCUT2D eigenvalue weighted by molar-refractivity contribution is 5.18. The number of aromatic nitrogens is 4. The van der Waals surface area contributed by atoms with Crippen molar-refractivity contribution in [3.8, 4) is 0 Å². The first-order valence-corrected chi connectivity index (χ1v) is 8.17. The van der Waals surface area contributed by atoms with Crippen LogP contribution in [-0.2, 0) is 13.0 Å². The van der Waals surface area contributed by atoms with Crippen molar-refractivity contribution in [2.24, 2.45) is 0 Å². The first-order chi connectivity index (χ1) is 11.8. The van der Waals surface area contributed by atoms with Gasteiger partial charge in [-0.15, -0.1) is 0 Å². The van der Waals surface area contributed by atoms with Crippen LogP contribution in [0.5, 0.6) is 0 Å². The Hall–Kier alpha value is -2.54. The van der Waals surface area contributed by atoms with E-state index in [4.69, 9.17) is 9.05 Å². The molecule has 4 rings (SSSR count). The summed E-state index contributed by atoms with van der Waals surface area (Å²) < 4.78 is 10.5. The van der Waals surface area contributed by atoms with E-state index in [0.29, 0.717) is 30.6 Å². The third-order valence-corrected chi connectivity index (χ3v) is 4.26. The molecule has 7 heteroatoms. The molecule has 1 atom stereocenters. The topological polar surface area (TPSA) is 81.1 Å². The molecule has 124 valence electrons. The van der Waals surface area contributed by atoms with Crippen LogP contribution in [0.4, 0.5) is 0 Å².